The van der Waals surface area contributed by atoms with Gasteiger partial charge in [0.25, 0.3) is 10.0 Å². The first-order chi connectivity index (χ1) is 13.3. The highest BCUT2D eigenvalue weighted by Crippen LogP contribution is 2.24. The second-order valence-corrected chi connectivity index (χ2v) is 9.12. The van der Waals surface area contributed by atoms with Crippen LogP contribution in [-0.2, 0) is 26.1 Å². The van der Waals surface area contributed by atoms with Crippen molar-refractivity contribution in [1.82, 2.24) is 4.57 Å². The maximum Gasteiger partial charge on any atom is 0.326 e. The summed E-state index contributed by atoms with van der Waals surface area (Å²) in [7, 11) is -4.07. The quantitative estimate of drug-likeness (QED) is 0.434. The minimum atomic E-state index is -4.07. The number of thiazole rings is 1. The first kappa shape index (κ1) is 20.6. The van der Waals surface area contributed by atoms with Crippen molar-refractivity contribution in [3.8, 4) is 0 Å². The minimum Gasteiger partial charge on any atom is -0.465 e. The number of benzene rings is 2. The summed E-state index contributed by atoms with van der Waals surface area (Å²) < 4.78 is 49.7. The molecule has 0 spiro atoms. The average Bonchev–Trinajstić information content (AvgIpc) is 2.97. The van der Waals surface area contributed by atoms with E-state index < -0.39 is 21.8 Å². The van der Waals surface area contributed by atoms with Crippen LogP contribution in [0.15, 0.2) is 56.7 Å². The van der Waals surface area contributed by atoms with Crippen LogP contribution in [0.1, 0.15) is 6.92 Å². The van der Waals surface area contributed by atoms with Crippen molar-refractivity contribution in [1.29, 1.82) is 0 Å². The summed E-state index contributed by atoms with van der Waals surface area (Å²) in [6.45, 7) is 1.76. The number of thioether (sulfide) groups is 1. The van der Waals surface area contributed by atoms with E-state index >= 15 is 0 Å². The summed E-state index contributed by atoms with van der Waals surface area (Å²) in [6.07, 6.45) is 1.94. The molecule has 0 aliphatic rings. The van der Waals surface area contributed by atoms with E-state index in [2.05, 4.69) is 4.40 Å². The number of halogens is 1. The van der Waals surface area contributed by atoms with Gasteiger partial charge in [-0.1, -0.05) is 11.3 Å². The van der Waals surface area contributed by atoms with Crippen molar-refractivity contribution in [2.75, 3.05) is 12.9 Å². The molecule has 2 aromatic carbocycles. The summed E-state index contributed by atoms with van der Waals surface area (Å²) in [4.78, 5) is 13.0. The number of hydrogen-bond donors (Lipinski definition) is 0. The molecule has 10 heteroatoms. The summed E-state index contributed by atoms with van der Waals surface area (Å²) in [6, 6.07) is 10.1. The van der Waals surface area contributed by atoms with E-state index in [9.17, 15) is 17.6 Å². The number of aromatic nitrogens is 1. The Morgan fingerprint density at radius 1 is 1.25 bits per heavy atom. The monoisotopic (exact) mass is 440 g/mol. The number of fused-ring (bicyclic) bond motifs is 1. The molecule has 0 saturated carbocycles. The predicted octanol–water partition coefficient (Wildman–Crippen LogP) is 3.42. The Balaban J connectivity index is 2.18. The Labute approximate surface area is 169 Å². The van der Waals surface area contributed by atoms with Crippen molar-refractivity contribution in [3.05, 3.63) is 53.1 Å². The van der Waals surface area contributed by atoms with E-state index in [1.165, 1.54) is 4.57 Å². The minimum absolute atomic E-state index is 0.126. The molecule has 1 heterocycles. The lowest BCUT2D eigenvalue weighted by atomic mass is 10.3. The van der Waals surface area contributed by atoms with Crippen LogP contribution in [0.2, 0.25) is 0 Å². The fourth-order valence-corrected chi connectivity index (χ4v) is 5.29. The smallest absolute Gasteiger partial charge is 0.326 e. The van der Waals surface area contributed by atoms with Gasteiger partial charge in [0.05, 0.1) is 21.7 Å². The van der Waals surface area contributed by atoms with Gasteiger partial charge < -0.3 is 9.30 Å². The van der Waals surface area contributed by atoms with Gasteiger partial charge in [-0.05, 0) is 55.6 Å². The Bertz CT molecular complexity index is 1180. The molecule has 0 aliphatic carbocycles. The number of nitrogens with zero attached hydrogens (tertiary/aromatic N) is 2. The summed E-state index contributed by atoms with van der Waals surface area (Å²) in [5, 5.41) is 0. The van der Waals surface area contributed by atoms with E-state index in [-0.39, 0.29) is 22.8 Å². The Hall–Kier alpha value is -2.17. The molecule has 0 N–H and O–H groups in total. The van der Waals surface area contributed by atoms with Crippen LogP contribution in [0, 0.1) is 5.82 Å². The first-order valence-electron chi connectivity index (χ1n) is 8.23. The van der Waals surface area contributed by atoms with Crippen LogP contribution < -0.4 is 4.80 Å². The number of rotatable bonds is 6. The van der Waals surface area contributed by atoms with Gasteiger partial charge in [0.2, 0.25) is 4.80 Å². The van der Waals surface area contributed by atoms with Gasteiger partial charge in [0, 0.05) is 4.90 Å². The highest BCUT2D eigenvalue weighted by atomic mass is 32.2. The van der Waals surface area contributed by atoms with E-state index in [4.69, 9.17) is 4.74 Å². The zero-order valence-electron chi connectivity index (χ0n) is 15.1. The lowest BCUT2D eigenvalue weighted by molar-refractivity contribution is -0.143. The molecule has 0 amide bonds. The third kappa shape index (κ3) is 4.45. The van der Waals surface area contributed by atoms with Crippen LogP contribution in [0.3, 0.4) is 0 Å². The average molecular weight is 441 g/mol. The van der Waals surface area contributed by atoms with Crippen LogP contribution in [0.4, 0.5) is 4.39 Å². The number of hydrogen-bond acceptors (Lipinski definition) is 6. The SMILES string of the molecule is CCOC(=O)Cn1/c(=N/S(=O)(=O)c2ccc(F)cc2)sc2cc(SC)ccc21. The van der Waals surface area contributed by atoms with Gasteiger partial charge in [-0.25, -0.2) is 4.39 Å². The largest absolute Gasteiger partial charge is 0.465 e. The fourth-order valence-electron chi connectivity index (χ4n) is 2.50. The van der Waals surface area contributed by atoms with Gasteiger partial charge in [0.1, 0.15) is 12.4 Å². The van der Waals surface area contributed by atoms with Crippen molar-refractivity contribution in [2.24, 2.45) is 4.40 Å². The molecule has 1 aromatic heterocycles. The first-order valence-corrected chi connectivity index (χ1v) is 11.7. The fraction of sp³-hybridized carbons (Fsp3) is 0.222. The van der Waals surface area contributed by atoms with Crippen LogP contribution in [-0.4, -0.2) is 31.8 Å². The Morgan fingerprint density at radius 2 is 1.96 bits per heavy atom. The number of ether oxygens (including phenoxy) is 1. The topological polar surface area (TPSA) is 77.7 Å². The Morgan fingerprint density at radius 3 is 2.61 bits per heavy atom. The molecule has 6 nitrogen and oxygen atoms in total. The Kier molecular flexibility index (Phi) is 6.21. The number of carbonyl (C=O) groups excluding carboxylic acids is 1. The molecule has 0 radical (unpaired) electrons. The number of carbonyl (C=O) groups is 1. The lowest BCUT2D eigenvalue weighted by Crippen LogP contribution is -2.23. The van der Waals surface area contributed by atoms with Crippen molar-refractivity contribution in [3.63, 3.8) is 0 Å². The van der Waals surface area contributed by atoms with E-state index in [1.807, 2.05) is 24.5 Å². The molecule has 148 valence electrons. The van der Waals surface area contributed by atoms with Crippen LogP contribution >= 0.6 is 23.1 Å². The number of sulfonamides is 1. The predicted molar refractivity (Wildman–Crippen MR) is 107 cm³/mol. The zero-order valence-corrected chi connectivity index (χ0v) is 17.5. The van der Waals surface area contributed by atoms with Crippen LogP contribution in [0.5, 0.6) is 0 Å². The molecule has 3 aromatic rings. The molecule has 28 heavy (non-hydrogen) atoms. The van der Waals surface area contributed by atoms with Gasteiger partial charge in [-0.2, -0.15) is 8.42 Å². The van der Waals surface area contributed by atoms with Gasteiger partial charge in [0.15, 0.2) is 0 Å². The second kappa shape index (κ2) is 8.46. The molecule has 0 fully saturated rings. The standard InChI is InChI=1S/C18H17FN2O4S3/c1-3-25-17(22)11-21-15-9-6-13(26-2)10-16(15)27-18(21)20-28(23,24)14-7-4-12(19)5-8-14/h4-10H,3,11H2,1-2H3/b20-18-. The molecular formula is C18H17FN2O4S3. The molecule has 0 unspecified atom stereocenters. The summed E-state index contributed by atoms with van der Waals surface area (Å²) in [5.74, 6) is -1.03. The molecular weight excluding hydrogens is 423 g/mol. The van der Waals surface area contributed by atoms with Gasteiger partial charge in [-0.15, -0.1) is 16.2 Å². The number of esters is 1. The van der Waals surface area contributed by atoms with E-state index in [0.717, 1.165) is 45.2 Å². The highest BCUT2D eigenvalue weighted by molar-refractivity contribution is 7.98. The molecule has 0 atom stereocenters. The third-order valence-corrected chi connectivity index (χ3v) is 6.96. The highest BCUT2D eigenvalue weighted by Gasteiger charge is 2.17. The molecule has 0 aliphatic heterocycles. The van der Waals surface area contributed by atoms with Crippen LogP contribution in [0.25, 0.3) is 10.2 Å². The molecule has 3 rings (SSSR count). The van der Waals surface area contributed by atoms with E-state index in [0.29, 0.717) is 5.52 Å². The lowest BCUT2D eigenvalue weighted by Gasteiger charge is -2.05. The molecule has 0 saturated heterocycles. The summed E-state index contributed by atoms with van der Waals surface area (Å²) >= 11 is 2.71. The third-order valence-electron chi connectivity index (χ3n) is 3.79. The maximum atomic E-state index is 13.1. The summed E-state index contributed by atoms with van der Waals surface area (Å²) in [5.41, 5.74) is 0.684. The van der Waals surface area contributed by atoms with Gasteiger partial charge in [-0.3, -0.25) is 4.79 Å². The molecule has 0 bridgehead atoms. The van der Waals surface area contributed by atoms with Gasteiger partial charge >= 0.3 is 5.97 Å². The second-order valence-electron chi connectivity index (χ2n) is 5.63. The maximum absolute atomic E-state index is 13.1. The van der Waals surface area contributed by atoms with Crippen molar-refractivity contribution < 1.29 is 22.3 Å². The van der Waals surface area contributed by atoms with Crippen molar-refractivity contribution >= 4 is 49.3 Å². The normalized spacial score (nSPS) is 12.5. The zero-order chi connectivity index (χ0) is 20.3. The van der Waals surface area contributed by atoms with Crippen molar-refractivity contribution in [2.45, 2.75) is 23.3 Å². The van der Waals surface area contributed by atoms with E-state index in [1.54, 1.807) is 18.7 Å².